The standard InChI is InChI=1S/C24H22FN7O3/c25-15-3-7-17(8-4-15)32-22-18(14-26-32)21(28-20(29-22)23(33)27-16-5-6-16)30-9-11-31(12-10-30)24(34)19-2-1-13-35-19/h1-4,7-8,13-14,16H,5-6,9-12H2,(H,27,33). The Bertz CT molecular complexity index is 1390. The van der Waals surface area contributed by atoms with Gasteiger partial charge >= 0.3 is 0 Å². The molecule has 178 valence electrons. The van der Waals surface area contributed by atoms with Crippen molar-refractivity contribution in [3.05, 3.63) is 66.3 Å². The molecule has 0 atom stereocenters. The van der Waals surface area contributed by atoms with Crippen molar-refractivity contribution in [2.24, 2.45) is 0 Å². The summed E-state index contributed by atoms with van der Waals surface area (Å²) in [5.74, 6) is 0.0893. The summed E-state index contributed by atoms with van der Waals surface area (Å²) in [5.41, 5.74) is 1.07. The van der Waals surface area contributed by atoms with E-state index in [1.54, 1.807) is 40.0 Å². The van der Waals surface area contributed by atoms with Crippen molar-refractivity contribution < 1.29 is 18.4 Å². The van der Waals surface area contributed by atoms with Gasteiger partial charge in [0.2, 0.25) is 5.82 Å². The first-order valence-electron chi connectivity index (χ1n) is 11.5. The summed E-state index contributed by atoms with van der Waals surface area (Å²) in [6.45, 7) is 1.98. The topological polar surface area (TPSA) is 109 Å². The predicted octanol–water partition coefficient (Wildman–Crippen LogP) is 2.40. The molecule has 1 aliphatic carbocycles. The molecule has 2 amide bonds. The van der Waals surface area contributed by atoms with Gasteiger partial charge in [-0.3, -0.25) is 9.59 Å². The summed E-state index contributed by atoms with van der Waals surface area (Å²) >= 11 is 0. The van der Waals surface area contributed by atoms with Gasteiger partial charge in [0.1, 0.15) is 11.6 Å². The molecule has 4 aromatic rings. The zero-order valence-electron chi connectivity index (χ0n) is 18.7. The van der Waals surface area contributed by atoms with Crippen molar-refractivity contribution >= 4 is 28.7 Å². The smallest absolute Gasteiger partial charge is 0.289 e. The Kier molecular flexibility index (Phi) is 5.16. The Morgan fingerprint density at radius 2 is 1.80 bits per heavy atom. The van der Waals surface area contributed by atoms with Crippen molar-refractivity contribution in [1.29, 1.82) is 0 Å². The number of carbonyl (C=O) groups excluding carboxylic acids is 2. The maximum atomic E-state index is 13.5. The molecule has 0 spiro atoms. The summed E-state index contributed by atoms with van der Waals surface area (Å²) in [5, 5.41) is 8.06. The first-order chi connectivity index (χ1) is 17.1. The molecule has 1 saturated heterocycles. The molecule has 35 heavy (non-hydrogen) atoms. The van der Waals surface area contributed by atoms with Crippen molar-refractivity contribution in [3.63, 3.8) is 0 Å². The quantitative estimate of drug-likeness (QED) is 0.472. The van der Waals surface area contributed by atoms with E-state index in [0.717, 1.165) is 12.8 Å². The third-order valence-electron chi connectivity index (χ3n) is 6.19. The van der Waals surface area contributed by atoms with Gasteiger partial charge in [-0.2, -0.15) is 5.10 Å². The maximum absolute atomic E-state index is 13.5. The fourth-order valence-corrected chi connectivity index (χ4v) is 4.16. The Labute approximate surface area is 199 Å². The second-order valence-corrected chi connectivity index (χ2v) is 8.65. The van der Waals surface area contributed by atoms with Crippen LogP contribution in [0.4, 0.5) is 10.2 Å². The highest BCUT2D eigenvalue weighted by Crippen LogP contribution is 2.28. The van der Waals surface area contributed by atoms with Gasteiger partial charge in [0, 0.05) is 32.2 Å². The van der Waals surface area contributed by atoms with Crippen LogP contribution in [0.25, 0.3) is 16.7 Å². The number of furan rings is 1. The first-order valence-corrected chi connectivity index (χ1v) is 11.5. The number of carbonyl (C=O) groups is 2. The van der Waals surface area contributed by atoms with Crippen LogP contribution in [0.3, 0.4) is 0 Å². The third kappa shape index (κ3) is 4.09. The minimum atomic E-state index is -0.355. The number of fused-ring (bicyclic) bond motifs is 1. The van der Waals surface area contributed by atoms with E-state index in [0.29, 0.717) is 54.5 Å². The average molecular weight is 475 g/mol. The summed E-state index contributed by atoms with van der Waals surface area (Å²) in [6.07, 6.45) is 5.02. The molecule has 1 aromatic carbocycles. The van der Waals surface area contributed by atoms with E-state index >= 15 is 0 Å². The second-order valence-electron chi connectivity index (χ2n) is 8.65. The van der Waals surface area contributed by atoms with Crippen LogP contribution < -0.4 is 10.2 Å². The van der Waals surface area contributed by atoms with Crippen molar-refractivity contribution in [3.8, 4) is 5.69 Å². The predicted molar refractivity (Wildman–Crippen MR) is 124 cm³/mol. The lowest BCUT2D eigenvalue weighted by Gasteiger charge is -2.35. The van der Waals surface area contributed by atoms with E-state index in [-0.39, 0.29) is 29.5 Å². The van der Waals surface area contributed by atoms with Crippen LogP contribution in [-0.2, 0) is 0 Å². The van der Waals surface area contributed by atoms with Gasteiger partial charge in [-0.15, -0.1) is 0 Å². The molecule has 0 unspecified atom stereocenters. The molecule has 3 aromatic heterocycles. The summed E-state index contributed by atoms with van der Waals surface area (Å²) in [7, 11) is 0. The van der Waals surface area contributed by atoms with E-state index in [1.165, 1.54) is 18.4 Å². The van der Waals surface area contributed by atoms with Gasteiger partial charge in [-0.25, -0.2) is 19.0 Å². The van der Waals surface area contributed by atoms with E-state index in [2.05, 4.69) is 20.4 Å². The number of anilines is 1. The van der Waals surface area contributed by atoms with Gasteiger partial charge in [-0.05, 0) is 49.2 Å². The minimum absolute atomic E-state index is 0.0531. The summed E-state index contributed by atoms with van der Waals surface area (Å²) in [6, 6.07) is 9.40. The molecule has 1 saturated carbocycles. The number of piperazine rings is 1. The van der Waals surface area contributed by atoms with Crippen LogP contribution in [-0.4, -0.2) is 68.7 Å². The lowest BCUT2D eigenvalue weighted by molar-refractivity contribution is 0.0714. The number of nitrogens with zero attached hydrogens (tertiary/aromatic N) is 6. The number of hydrogen-bond acceptors (Lipinski definition) is 7. The van der Waals surface area contributed by atoms with Crippen LogP contribution in [0.5, 0.6) is 0 Å². The molecule has 6 rings (SSSR count). The van der Waals surface area contributed by atoms with Crippen LogP contribution in [0, 0.1) is 5.82 Å². The first kappa shape index (κ1) is 21.3. The zero-order valence-corrected chi connectivity index (χ0v) is 18.7. The minimum Gasteiger partial charge on any atom is -0.459 e. The van der Waals surface area contributed by atoms with Gasteiger partial charge in [-0.1, -0.05) is 0 Å². The molecule has 4 heterocycles. The highest BCUT2D eigenvalue weighted by atomic mass is 19.1. The Hall–Kier alpha value is -4.28. The van der Waals surface area contributed by atoms with Crippen molar-refractivity contribution in [2.45, 2.75) is 18.9 Å². The molecule has 1 aliphatic heterocycles. The van der Waals surface area contributed by atoms with Crippen molar-refractivity contribution in [1.82, 2.24) is 30.0 Å². The molecule has 2 fully saturated rings. The third-order valence-corrected chi connectivity index (χ3v) is 6.19. The average Bonchev–Trinajstić information content (AvgIpc) is 3.34. The Morgan fingerprint density at radius 3 is 2.49 bits per heavy atom. The van der Waals surface area contributed by atoms with Crippen LogP contribution >= 0.6 is 0 Å². The molecule has 0 bridgehead atoms. The van der Waals surface area contributed by atoms with E-state index in [4.69, 9.17) is 4.42 Å². The van der Waals surface area contributed by atoms with Crippen LogP contribution in [0.1, 0.15) is 34.0 Å². The molecule has 11 heteroatoms. The monoisotopic (exact) mass is 475 g/mol. The Balaban J connectivity index is 1.34. The lowest BCUT2D eigenvalue weighted by Crippen LogP contribution is -2.49. The number of hydrogen-bond donors (Lipinski definition) is 1. The number of nitrogens with one attached hydrogen (secondary N) is 1. The molecular weight excluding hydrogens is 453 g/mol. The van der Waals surface area contributed by atoms with Crippen molar-refractivity contribution in [2.75, 3.05) is 31.1 Å². The maximum Gasteiger partial charge on any atom is 0.289 e. The number of amides is 2. The lowest BCUT2D eigenvalue weighted by atomic mass is 10.2. The normalized spacial score (nSPS) is 16.0. The molecular formula is C24H22FN7O3. The molecule has 0 radical (unpaired) electrons. The number of aromatic nitrogens is 4. The number of rotatable bonds is 5. The van der Waals surface area contributed by atoms with E-state index < -0.39 is 0 Å². The highest BCUT2D eigenvalue weighted by molar-refractivity contribution is 5.96. The van der Waals surface area contributed by atoms with Gasteiger partial charge in [0.15, 0.2) is 11.4 Å². The SMILES string of the molecule is O=C(NC1CC1)c1nc(N2CCN(C(=O)c3ccco3)CC2)c2cnn(-c3ccc(F)cc3)c2n1. The molecule has 1 N–H and O–H groups in total. The largest absolute Gasteiger partial charge is 0.459 e. The van der Waals surface area contributed by atoms with Gasteiger partial charge in [0.05, 0.1) is 23.5 Å². The van der Waals surface area contributed by atoms with Crippen LogP contribution in [0.2, 0.25) is 0 Å². The fraction of sp³-hybridized carbons (Fsp3) is 0.292. The highest BCUT2D eigenvalue weighted by Gasteiger charge is 2.29. The second kappa shape index (κ2) is 8.49. The zero-order chi connectivity index (χ0) is 23.9. The van der Waals surface area contributed by atoms with E-state index in [9.17, 15) is 14.0 Å². The summed E-state index contributed by atoms with van der Waals surface area (Å²) < 4.78 is 20.3. The summed E-state index contributed by atoms with van der Waals surface area (Å²) in [4.78, 5) is 38.4. The van der Waals surface area contributed by atoms with Crippen LogP contribution in [0.15, 0.2) is 53.3 Å². The fourth-order valence-electron chi connectivity index (χ4n) is 4.16. The molecule has 2 aliphatic rings. The Morgan fingerprint density at radius 1 is 1.03 bits per heavy atom. The number of halogens is 1. The van der Waals surface area contributed by atoms with Gasteiger partial charge < -0.3 is 19.5 Å². The van der Waals surface area contributed by atoms with Gasteiger partial charge in [0.25, 0.3) is 11.8 Å². The number of benzene rings is 1. The molecule has 10 nitrogen and oxygen atoms in total. The van der Waals surface area contributed by atoms with E-state index in [1.807, 2.05) is 4.90 Å².